The first kappa shape index (κ1) is 7.30. The highest BCUT2D eigenvalue weighted by Crippen LogP contribution is 2.47. The average Bonchev–Trinajstić information content (AvgIpc) is 2.88. The van der Waals surface area contributed by atoms with Crippen LogP contribution in [0.2, 0.25) is 0 Å². The molecule has 60 valence electrons. The lowest BCUT2D eigenvalue weighted by Gasteiger charge is -2.02. The lowest BCUT2D eigenvalue weighted by Crippen LogP contribution is -2.02. The minimum Gasteiger partial charge on any atom is -0.261 e. The van der Waals surface area contributed by atoms with Crippen LogP contribution in [0, 0.1) is 16.7 Å². The normalized spacial score (nSPS) is 18.2. The van der Waals surface area contributed by atoms with Gasteiger partial charge < -0.3 is 0 Å². The molecule has 0 bridgehead atoms. The molecule has 1 aromatic rings. The van der Waals surface area contributed by atoms with E-state index in [0.717, 1.165) is 25.0 Å². The SMILES string of the molecule is N#CC1(Cc2ccccn2)CC1. The molecular formula is C10H10N2. The smallest absolute Gasteiger partial charge is 0.0693 e. The second-order valence-corrected chi connectivity index (χ2v) is 3.39. The van der Waals surface area contributed by atoms with Crippen LogP contribution in [0.5, 0.6) is 0 Å². The van der Waals surface area contributed by atoms with Gasteiger partial charge in [-0.05, 0) is 25.0 Å². The Morgan fingerprint density at radius 1 is 1.50 bits per heavy atom. The molecular weight excluding hydrogens is 148 g/mol. The van der Waals surface area contributed by atoms with Crippen LogP contribution < -0.4 is 0 Å². The van der Waals surface area contributed by atoms with E-state index in [1.807, 2.05) is 18.2 Å². The molecule has 2 rings (SSSR count). The Balaban J connectivity index is 2.11. The third-order valence-electron chi connectivity index (χ3n) is 2.34. The number of aromatic nitrogens is 1. The number of nitriles is 1. The molecule has 1 fully saturated rings. The number of pyridine rings is 1. The van der Waals surface area contributed by atoms with Crippen molar-refractivity contribution in [3.8, 4) is 6.07 Å². The standard InChI is InChI=1S/C10H10N2/c11-8-10(4-5-10)7-9-3-1-2-6-12-9/h1-3,6H,4-5,7H2. The van der Waals surface area contributed by atoms with Crippen molar-refractivity contribution in [1.82, 2.24) is 4.98 Å². The van der Waals surface area contributed by atoms with Gasteiger partial charge in [0.1, 0.15) is 0 Å². The molecule has 1 heterocycles. The summed E-state index contributed by atoms with van der Waals surface area (Å²) < 4.78 is 0. The predicted molar refractivity (Wildman–Crippen MR) is 45.2 cm³/mol. The highest BCUT2D eigenvalue weighted by Gasteiger charge is 2.43. The monoisotopic (exact) mass is 158 g/mol. The van der Waals surface area contributed by atoms with Crippen molar-refractivity contribution in [3.05, 3.63) is 30.1 Å². The molecule has 0 aliphatic heterocycles. The Hall–Kier alpha value is -1.36. The molecule has 0 radical (unpaired) electrons. The Morgan fingerprint density at radius 2 is 2.33 bits per heavy atom. The maximum atomic E-state index is 8.84. The van der Waals surface area contributed by atoms with Gasteiger partial charge in [-0.1, -0.05) is 6.07 Å². The largest absolute Gasteiger partial charge is 0.261 e. The fraction of sp³-hybridized carbons (Fsp3) is 0.400. The fourth-order valence-corrected chi connectivity index (χ4v) is 1.33. The Morgan fingerprint density at radius 3 is 2.83 bits per heavy atom. The number of rotatable bonds is 2. The van der Waals surface area contributed by atoms with Gasteiger partial charge in [-0.3, -0.25) is 4.98 Å². The first-order valence-corrected chi connectivity index (χ1v) is 4.16. The zero-order valence-corrected chi connectivity index (χ0v) is 6.83. The maximum Gasteiger partial charge on any atom is 0.0693 e. The minimum absolute atomic E-state index is 0.0612. The van der Waals surface area contributed by atoms with E-state index in [0.29, 0.717) is 0 Å². The van der Waals surface area contributed by atoms with Crippen LogP contribution in [0.3, 0.4) is 0 Å². The molecule has 2 nitrogen and oxygen atoms in total. The van der Waals surface area contributed by atoms with Crippen LogP contribution in [0.25, 0.3) is 0 Å². The van der Waals surface area contributed by atoms with E-state index in [4.69, 9.17) is 5.26 Å². The lowest BCUT2D eigenvalue weighted by molar-refractivity contribution is 0.651. The van der Waals surface area contributed by atoms with E-state index in [9.17, 15) is 0 Å². The second-order valence-electron chi connectivity index (χ2n) is 3.39. The zero-order valence-electron chi connectivity index (χ0n) is 6.83. The molecule has 12 heavy (non-hydrogen) atoms. The van der Waals surface area contributed by atoms with Gasteiger partial charge in [-0.15, -0.1) is 0 Å². The summed E-state index contributed by atoms with van der Waals surface area (Å²) in [5.74, 6) is 0. The highest BCUT2D eigenvalue weighted by atomic mass is 14.7. The van der Waals surface area contributed by atoms with Crippen LogP contribution in [-0.2, 0) is 6.42 Å². The summed E-state index contributed by atoms with van der Waals surface area (Å²) in [7, 11) is 0. The van der Waals surface area contributed by atoms with Gasteiger partial charge in [0.2, 0.25) is 0 Å². The average molecular weight is 158 g/mol. The summed E-state index contributed by atoms with van der Waals surface area (Å²) in [5.41, 5.74) is 0.977. The van der Waals surface area contributed by atoms with Crippen molar-refractivity contribution in [2.75, 3.05) is 0 Å². The first-order valence-electron chi connectivity index (χ1n) is 4.16. The quantitative estimate of drug-likeness (QED) is 0.659. The van der Waals surface area contributed by atoms with Crippen molar-refractivity contribution in [2.24, 2.45) is 5.41 Å². The van der Waals surface area contributed by atoms with Crippen molar-refractivity contribution < 1.29 is 0 Å². The number of nitrogens with zero attached hydrogens (tertiary/aromatic N) is 2. The second kappa shape index (κ2) is 2.60. The molecule has 1 saturated carbocycles. The van der Waals surface area contributed by atoms with Crippen molar-refractivity contribution in [3.63, 3.8) is 0 Å². The Bertz CT molecular complexity index is 306. The van der Waals surface area contributed by atoms with Gasteiger partial charge in [0.15, 0.2) is 0 Å². The van der Waals surface area contributed by atoms with E-state index in [-0.39, 0.29) is 5.41 Å². The molecule has 0 saturated heterocycles. The van der Waals surface area contributed by atoms with Gasteiger partial charge in [0.25, 0.3) is 0 Å². The summed E-state index contributed by atoms with van der Waals surface area (Å²) in [6.07, 6.45) is 4.69. The molecule has 0 unspecified atom stereocenters. The maximum absolute atomic E-state index is 8.84. The van der Waals surface area contributed by atoms with Crippen LogP contribution in [0.15, 0.2) is 24.4 Å². The summed E-state index contributed by atoms with van der Waals surface area (Å²) in [5, 5.41) is 8.84. The topological polar surface area (TPSA) is 36.7 Å². The van der Waals surface area contributed by atoms with Gasteiger partial charge in [0, 0.05) is 18.3 Å². The van der Waals surface area contributed by atoms with Gasteiger partial charge in [0.05, 0.1) is 11.5 Å². The van der Waals surface area contributed by atoms with Crippen molar-refractivity contribution >= 4 is 0 Å². The third kappa shape index (κ3) is 1.31. The molecule has 1 aromatic heterocycles. The first-order chi connectivity index (χ1) is 5.85. The van der Waals surface area contributed by atoms with Crippen LogP contribution in [0.4, 0.5) is 0 Å². The van der Waals surface area contributed by atoms with Crippen molar-refractivity contribution in [2.45, 2.75) is 19.3 Å². The zero-order chi connectivity index (χ0) is 8.44. The third-order valence-corrected chi connectivity index (χ3v) is 2.34. The fourth-order valence-electron chi connectivity index (χ4n) is 1.33. The number of hydrogen-bond acceptors (Lipinski definition) is 2. The lowest BCUT2D eigenvalue weighted by atomic mass is 10.0. The molecule has 0 spiro atoms. The minimum atomic E-state index is -0.0612. The molecule has 1 aliphatic rings. The predicted octanol–water partition coefficient (Wildman–Crippen LogP) is 1.93. The van der Waals surface area contributed by atoms with Gasteiger partial charge >= 0.3 is 0 Å². The highest BCUT2D eigenvalue weighted by molar-refractivity contribution is 5.17. The molecule has 0 aromatic carbocycles. The van der Waals surface area contributed by atoms with E-state index in [1.165, 1.54) is 0 Å². The van der Waals surface area contributed by atoms with Gasteiger partial charge in [-0.2, -0.15) is 5.26 Å². The Labute approximate surface area is 71.9 Å². The van der Waals surface area contributed by atoms with E-state index in [2.05, 4.69) is 11.1 Å². The molecule has 0 atom stereocenters. The summed E-state index contributed by atoms with van der Waals surface area (Å²) >= 11 is 0. The van der Waals surface area contributed by atoms with E-state index >= 15 is 0 Å². The summed E-state index contributed by atoms with van der Waals surface area (Å²) in [6.45, 7) is 0. The number of hydrogen-bond donors (Lipinski definition) is 0. The van der Waals surface area contributed by atoms with Crippen molar-refractivity contribution in [1.29, 1.82) is 5.26 Å². The summed E-state index contributed by atoms with van der Waals surface area (Å²) in [4.78, 5) is 4.20. The molecule has 0 amide bonds. The molecule has 2 heteroatoms. The molecule has 1 aliphatic carbocycles. The van der Waals surface area contributed by atoms with E-state index < -0.39 is 0 Å². The summed E-state index contributed by atoms with van der Waals surface area (Å²) in [6, 6.07) is 8.21. The van der Waals surface area contributed by atoms with Crippen LogP contribution in [-0.4, -0.2) is 4.98 Å². The Kier molecular flexibility index (Phi) is 1.58. The van der Waals surface area contributed by atoms with E-state index in [1.54, 1.807) is 6.20 Å². The van der Waals surface area contributed by atoms with Crippen LogP contribution in [0.1, 0.15) is 18.5 Å². The molecule has 0 N–H and O–H groups in total. The van der Waals surface area contributed by atoms with Crippen LogP contribution >= 0.6 is 0 Å². The van der Waals surface area contributed by atoms with Gasteiger partial charge in [-0.25, -0.2) is 0 Å².